The van der Waals surface area contributed by atoms with Crippen LogP contribution >= 0.6 is 0 Å². The van der Waals surface area contributed by atoms with E-state index in [-0.39, 0.29) is 30.8 Å². The molecule has 27 heavy (non-hydrogen) atoms. The maximum Gasteiger partial charge on any atom is 0.409 e. The van der Waals surface area contributed by atoms with Crippen molar-refractivity contribution in [3.63, 3.8) is 0 Å². The van der Waals surface area contributed by atoms with Gasteiger partial charge in [-0.2, -0.15) is 0 Å². The lowest BCUT2D eigenvalue weighted by atomic mass is 9.91. The van der Waals surface area contributed by atoms with Crippen LogP contribution in [0.25, 0.3) is 0 Å². The van der Waals surface area contributed by atoms with Gasteiger partial charge in [-0.15, -0.1) is 0 Å². The summed E-state index contributed by atoms with van der Waals surface area (Å²) < 4.78 is 15.9. The zero-order valence-electron chi connectivity index (χ0n) is 16.3. The highest BCUT2D eigenvalue weighted by molar-refractivity contribution is 5.78. The number of aliphatic hydroxyl groups is 1. The Morgan fingerprint density at radius 2 is 2.07 bits per heavy atom. The van der Waals surface area contributed by atoms with Crippen molar-refractivity contribution in [3.05, 3.63) is 0 Å². The predicted octanol–water partition coefficient (Wildman–Crippen LogP) is -0.472. The Hall–Kier alpha value is -1.42. The summed E-state index contributed by atoms with van der Waals surface area (Å²) in [5.41, 5.74) is -0.835. The second-order valence-corrected chi connectivity index (χ2v) is 7.60. The first-order valence-electron chi connectivity index (χ1n) is 9.72. The Morgan fingerprint density at radius 3 is 2.74 bits per heavy atom. The average molecular weight is 385 g/mol. The van der Waals surface area contributed by atoms with Gasteiger partial charge in [-0.3, -0.25) is 9.69 Å². The van der Waals surface area contributed by atoms with E-state index in [1.807, 2.05) is 4.90 Å². The number of β-amino-alcohol motifs (C(OH)–C–C–N with tert-alkyl or cyclic N) is 1. The molecule has 0 unspecified atom stereocenters. The van der Waals surface area contributed by atoms with Crippen LogP contribution in [0.3, 0.4) is 0 Å². The number of carbonyl (C=O) groups excluding carboxylic acids is 2. The number of morpholine rings is 1. The second kappa shape index (κ2) is 8.72. The first kappa shape index (κ1) is 20.3. The molecule has 0 aromatic rings. The summed E-state index contributed by atoms with van der Waals surface area (Å²) in [6.07, 6.45) is 0.700. The number of nitrogens with zero attached hydrogens (tertiary/aromatic N) is 3. The van der Waals surface area contributed by atoms with Gasteiger partial charge in [-0.05, 0) is 19.8 Å². The van der Waals surface area contributed by atoms with Crippen molar-refractivity contribution in [2.45, 2.75) is 37.5 Å². The average Bonchev–Trinajstić information content (AvgIpc) is 3.03. The van der Waals surface area contributed by atoms with Gasteiger partial charge in [0.05, 0.1) is 31.0 Å². The minimum absolute atomic E-state index is 0.00314. The minimum Gasteiger partial charge on any atom is -0.450 e. The molecule has 3 aliphatic rings. The van der Waals surface area contributed by atoms with E-state index in [1.165, 1.54) is 0 Å². The van der Waals surface area contributed by atoms with Crippen molar-refractivity contribution in [1.82, 2.24) is 14.7 Å². The molecule has 0 aromatic carbocycles. The molecular weight excluding hydrogens is 354 g/mol. The van der Waals surface area contributed by atoms with Gasteiger partial charge in [0, 0.05) is 46.4 Å². The number of hydrogen-bond acceptors (Lipinski definition) is 7. The number of carbonyl (C=O) groups is 2. The quantitative estimate of drug-likeness (QED) is 0.661. The highest BCUT2D eigenvalue weighted by Crippen LogP contribution is 2.29. The molecule has 3 rings (SSSR count). The molecule has 0 bridgehead atoms. The summed E-state index contributed by atoms with van der Waals surface area (Å²) in [6.45, 7) is 6.20. The normalized spacial score (nSPS) is 28.3. The van der Waals surface area contributed by atoms with Crippen LogP contribution in [0.5, 0.6) is 0 Å². The molecular formula is C18H31N3O6. The number of rotatable bonds is 6. The van der Waals surface area contributed by atoms with Crippen LogP contribution in [0.15, 0.2) is 0 Å². The lowest BCUT2D eigenvalue weighted by Crippen LogP contribution is -2.55. The van der Waals surface area contributed by atoms with Crippen molar-refractivity contribution in [1.29, 1.82) is 0 Å². The molecule has 0 saturated carbocycles. The minimum atomic E-state index is -0.835. The van der Waals surface area contributed by atoms with E-state index < -0.39 is 5.60 Å². The molecule has 0 spiro atoms. The number of fused-ring (bicyclic) bond motifs is 1. The van der Waals surface area contributed by atoms with Crippen molar-refractivity contribution in [2.75, 3.05) is 66.2 Å². The smallest absolute Gasteiger partial charge is 0.409 e. The summed E-state index contributed by atoms with van der Waals surface area (Å²) in [6, 6.07) is 0.00428. The Morgan fingerprint density at radius 1 is 1.33 bits per heavy atom. The van der Waals surface area contributed by atoms with Gasteiger partial charge >= 0.3 is 6.09 Å². The Labute approximate surface area is 160 Å². The first-order chi connectivity index (χ1) is 13.0. The molecule has 3 fully saturated rings. The lowest BCUT2D eigenvalue weighted by molar-refractivity contribution is -0.153. The molecule has 0 radical (unpaired) electrons. The molecule has 0 aliphatic carbocycles. The van der Waals surface area contributed by atoms with Crippen LogP contribution in [0.1, 0.15) is 19.8 Å². The Bertz CT molecular complexity index is 537. The van der Waals surface area contributed by atoms with Gasteiger partial charge in [-0.1, -0.05) is 0 Å². The molecule has 1 N–H and O–H groups in total. The van der Waals surface area contributed by atoms with Crippen molar-refractivity contribution in [3.8, 4) is 0 Å². The summed E-state index contributed by atoms with van der Waals surface area (Å²) in [4.78, 5) is 29.7. The fourth-order valence-electron chi connectivity index (χ4n) is 4.25. The highest BCUT2D eigenvalue weighted by atomic mass is 16.6. The fourth-order valence-corrected chi connectivity index (χ4v) is 4.25. The van der Waals surface area contributed by atoms with Gasteiger partial charge in [0.15, 0.2) is 0 Å². The van der Waals surface area contributed by atoms with Crippen LogP contribution in [-0.2, 0) is 19.0 Å². The third kappa shape index (κ3) is 4.71. The number of likely N-dealkylation sites (tertiary alicyclic amines) is 2. The zero-order chi connectivity index (χ0) is 19.4. The fraction of sp³-hybridized carbons (Fsp3) is 0.889. The number of ether oxygens (including phenoxy) is 3. The molecule has 154 valence electrons. The zero-order valence-corrected chi connectivity index (χ0v) is 16.3. The van der Waals surface area contributed by atoms with Crippen LogP contribution in [0.2, 0.25) is 0 Å². The van der Waals surface area contributed by atoms with Crippen LogP contribution < -0.4 is 0 Å². The Balaban J connectivity index is 1.53. The van der Waals surface area contributed by atoms with E-state index in [2.05, 4.69) is 4.90 Å². The Kier molecular flexibility index (Phi) is 6.56. The van der Waals surface area contributed by atoms with Gasteiger partial charge in [0.1, 0.15) is 6.61 Å². The summed E-state index contributed by atoms with van der Waals surface area (Å²) in [5.74, 6) is -0.00314. The van der Waals surface area contributed by atoms with Crippen LogP contribution in [0.4, 0.5) is 4.79 Å². The van der Waals surface area contributed by atoms with Gasteiger partial charge in [0.25, 0.3) is 0 Å². The molecule has 3 aliphatic heterocycles. The summed E-state index contributed by atoms with van der Waals surface area (Å²) >= 11 is 0. The standard InChI is InChI=1S/C18H31N3O6/c1-3-26-17(23)20-6-4-18(24,5-7-20)13-19-10-14-15(11-19)27-12-16(22)21(14)8-9-25-2/h14-15,24H,3-13H2,1-2H3/t14-,15-/m0/s1. The summed E-state index contributed by atoms with van der Waals surface area (Å²) in [7, 11) is 1.63. The van der Waals surface area contributed by atoms with E-state index in [1.54, 1.807) is 18.9 Å². The third-order valence-corrected chi connectivity index (χ3v) is 5.73. The van der Waals surface area contributed by atoms with Crippen molar-refractivity contribution >= 4 is 12.0 Å². The predicted molar refractivity (Wildman–Crippen MR) is 96.3 cm³/mol. The molecule has 9 nitrogen and oxygen atoms in total. The van der Waals surface area contributed by atoms with Crippen LogP contribution in [-0.4, -0.2) is 116 Å². The number of hydrogen-bond donors (Lipinski definition) is 1. The topological polar surface area (TPSA) is 91.8 Å². The van der Waals surface area contributed by atoms with Gasteiger partial charge in [-0.25, -0.2) is 4.79 Å². The van der Waals surface area contributed by atoms with Crippen LogP contribution in [0, 0.1) is 0 Å². The van der Waals surface area contributed by atoms with Gasteiger partial charge < -0.3 is 29.1 Å². The molecule has 2 atom stereocenters. The van der Waals surface area contributed by atoms with Gasteiger partial charge in [0.2, 0.25) is 5.91 Å². The number of piperidine rings is 1. The SMILES string of the molecule is CCOC(=O)N1CCC(O)(CN2C[C@@H]3OCC(=O)N(CCOC)[C@H]3C2)CC1. The van der Waals surface area contributed by atoms with E-state index in [0.29, 0.717) is 65.3 Å². The highest BCUT2D eigenvalue weighted by Gasteiger charge is 2.45. The number of amides is 2. The summed E-state index contributed by atoms with van der Waals surface area (Å²) in [5, 5.41) is 11.0. The number of methoxy groups -OCH3 is 1. The van der Waals surface area contributed by atoms with E-state index in [0.717, 1.165) is 0 Å². The third-order valence-electron chi connectivity index (χ3n) is 5.73. The maximum atomic E-state index is 12.2. The molecule has 9 heteroatoms. The van der Waals surface area contributed by atoms with Crippen molar-refractivity contribution in [2.24, 2.45) is 0 Å². The van der Waals surface area contributed by atoms with E-state index in [9.17, 15) is 14.7 Å². The maximum absolute atomic E-state index is 12.2. The van der Waals surface area contributed by atoms with E-state index >= 15 is 0 Å². The monoisotopic (exact) mass is 385 g/mol. The lowest BCUT2D eigenvalue weighted by Gasteiger charge is -2.39. The molecule has 2 amide bonds. The molecule has 0 aromatic heterocycles. The largest absolute Gasteiger partial charge is 0.450 e. The van der Waals surface area contributed by atoms with Crippen molar-refractivity contribution < 1.29 is 28.9 Å². The second-order valence-electron chi connectivity index (χ2n) is 7.60. The first-order valence-corrected chi connectivity index (χ1v) is 9.72. The molecule has 3 saturated heterocycles. The van der Waals surface area contributed by atoms with E-state index in [4.69, 9.17) is 14.2 Å². The molecule has 3 heterocycles.